The Kier molecular flexibility index (Phi) is 6.19. The van der Waals surface area contributed by atoms with Crippen LogP contribution in [0, 0.1) is 0 Å². The summed E-state index contributed by atoms with van der Waals surface area (Å²) in [5.74, 6) is 0.901. The second-order valence-corrected chi connectivity index (χ2v) is 6.75. The zero-order valence-corrected chi connectivity index (χ0v) is 16.5. The van der Waals surface area contributed by atoms with E-state index in [2.05, 4.69) is 20.8 Å². The van der Waals surface area contributed by atoms with Gasteiger partial charge in [0.25, 0.3) is 5.22 Å². The van der Waals surface area contributed by atoms with Gasteiger partial charge in [-0.25, -0.2) is 9.59 Å². The van der Waals surface area contributed by atoms with Crippen LogP contribution in [0.3, 0.4) is 0 Å². The zero-order valence-electron chi connectivity index (χ0n) is 15.6. The van der Waals surface area contributed by atoms with Gasteiger partial charge in [-0.2, -0.15) is 0 Å². The molecule has 10 heteroatoms. The second-order valence-electron chi connectivity index (χ2n) is 5.82. The summed E-state index contributed by atoms with van der Waals surface area (Å²) in [6, 6.07) is 6.40. The van der Waals surface area contributed by atoms with E-state index in [0.717, 1.165) is 11.3 Å². The Balaban J connectivity index is 1.74. The van der Waals surface area contributed by atoms with Gasteiger partial charge in [0.2, 0.25) is 5.89 Å². The number of amides is 2. The molecule has 1 atom stereocenters. The molecule has 0 fully saturated rings. The molecular weight excluding hydrogens is 384 g/mol. The van der Waals surface area contributed by atoms with Crippen molar-refractivity contribution in [3.63, 3.8) is 0 Å². The standard InChI is InChI=1S/C18H20N4O5S/c1-4-26-16(23)14-10(2)19-17(24)20-13(14)9-28-18-22-21-15(27-18)11-5-7-12(25-3)8-6-11/h5-8,10H,4,9H2,1-3H3,(H2,19,20,24). The summed E-state index contributed by atoms with van der Waals surface area (Å²) in [4.78, 5) is 24.0. The fraction of sp³-hybridized carbons (Fsp3) is 0.333. The van der Waals surface area contributed by atoms with Crippen LogP contribution >= 0.6 is 11.8 Å². The van der Waals surface area contributed by atoms with Gasteiger partial charge in [0.1, 0.15) is 5.75 Å². The number of ether oxygens (including phenoxy) is 2. The topological polar surface area (TPSA) is 116 Å². The number of urea groups is 1. The highest BCUT2D eigenvalue weighted by Gasteiger charge is 2.29. The zero-order chi connectivity index (χ0) is 20.1. The first-order valence-electron chi connectivity index (χ1n) is 8.60. The van der Waals surface area contributed by atoms with E-state index in [-0.39, 0.29) is 18.4 Å². The summed E-state index contributed by atoms with van der Waals surface area (Å²) >= 11 is 1.22. The third-order valence-electron chi connectivity index (χ3n) is 3.95. The average Bonchev–Trinajstić information content (AvgIpc) is 3.15. The highest BCUT2D eigenvalue weighted by atomic mass is 32.2. The van der Waals surface area contributed by atoms with Gasteiger partial charge in [0.05, 0.1) is 25.3 Å². The average molecular weight is 404 g/mol. The molecule has 2 N–H and O–H groups in total. The van der Waals surface area contributed by atoms with Gasteiger partial charge in [0.15, 0.2) is 0 Å². The van der Waals surface area contributed by atoms with E-state index >= 15 is 0 Å². The third-order valence-corrected chi connectivity index (χ3v) is 4.79. The number of hydrogen-bond acceptors (Lipinski definition) is 8. The molecule has 0 saturated carbocycles. The molecule has 0 saturated heterocycles. The van der Waals surface area contributed by atoms with Crippen molar-refractivity contribution < 1.29 is 23.5 Å². The number of nitrogens with zero attached hydrogens (tertiary/aromatic N) is 2. The van der Waals surface area contributed by atoms with Gasteiger partial charge >= 0.3 is 12.0 Å². The first kappa shape index (κ1) is 19.7. The molecule has 1 aliphatic rings. The lowest BCUT2D eigenvalue weighted by atomic mass is 10.1. The minimum atomic E-state index is -0.470. The summed E-state index contributed by atoms with van der Waals surface area (Å²) < 4.78 is 15.9. The second kappa shape index (κ2) is 8.79. The Morgan fingerprint density at radius 1 is 1.29 bits per heavy atom. The number of rotatable bonds is 7. The van der Waals surface area contributed by atoms with Crippen LogP contribution in [0.25, 0.3) is 11.5 Å². The maximum absolute atomic E-state index is 12.2. The van der Waals surface area contributed by atoms with Crippen molar-refractivity contribution >= 4 is 23.8 Å². The SMILES string of the molecule is CCOC(=O)C1=C(CSc2nnc(-c3ccc(OC)cc3)o2)NC(=O)NC1C. The van der Waals surface area contributed by atoms with E-state index in [1.165, 1.54) is 11.8 Å². The molecule has 0 spiro atoms. The number of esters is 1. The normalized spacial score (nSPS) is 16.4. The first-order valence-corrected chi connectivity index (χ1v) is 9.58. The number of nitrogens with one attached hydrogen (secondary N) is 2. The lowest BCUT2D eigenvalue weighted by Gasteiger charge is -2.26. The third kappa shape index (κ3) is 4.45. The van der Waals surface area contributed by atoms with E-state index in [1.807, 2.05) is 12.1 Å². The first-order chi connectivity index (χ1) is 13.5. The Morgan fingerprint density at radius 2 is 2.04 bits per heavy atom. The molecule has 2 aromatic rings. The van der Waals surface area contributed by atoms with E-state index in [4.69, 9.17) is 13.9 Å². The molecule has 0 radical (unpaired) electrons. The molecule has 3 rings (SSSR count). The summed E-state index contributed by atoms with van der Waals surface area (Å²) in [6.07, 6.45) is 0. The van der Waals surface area contributed by atoms with Crippen LogP contribution in [-0.4, -0.2) is 47.7 Å². The molecule has 1 unspecified atom stereocenters. The van der Waals surface area contributed by atoms with E-state index in [0.29, 0.717) is 22.4 Å². The van der Waals surface area contributed by atoms with Crippen molar-refractivity contribution in [2.24, 2.45) is 0 Å². The van der Waals surface area contributed by atoms with Crippen molar-refractivity contribution in [1.82, 2.24) is 20.8 Å². The maximum Gasteiger partial charge on any atom is 0.337 e. The van der Waals surface area contributed by atoms with Gasteiger partial charge in [-0.3, -0.25) is 0 Å². The quantitative estimate of drug-likeness (QED) is 0.534. The van der Waals surface area contributed by atoms with Crippen molar-refractivity contribution in [3.8, 4) is 17.2 Å². The smallest absolute Gasteiger partial charge is 0.337 e. The van der Waals surface area contributed by atoms with Crippen molar-refractivity contribution in [3.05, 3.63) is 35.5 Å². The number of carbonyl (C=O) groups is 2. The van der Waals surface area contributed by atoms with Crippen LogP contribution in [0.1, 0.15) is 13.8 Å². The van der Waals surface area contributed by atoms with Crippen LogP contribution in [0.4, 0.5) is 4.79 Å². The molecule has 2 amide bonds. The van der Waals surface area contributed by atoms with E-state index in [1.54, 1.807) is 33.1 Å². The van der Waals surface area contributed by atoms with Gasteiger partial charge in [0, 0.05) is 17.0 Å². The summed E-state index contributed by atoms with van der Waals surface area (Å²) in [5, 5.41) is 13.7. The Bertz CT molecular complexity index is 894. The van der Waals surface area contributed by atoms with Gasteiger partial charge in [-0.1, -0.05) is 11.8 Å². The predicted octanol–water partition coefficient (Wildman–Crippen LogP) is 2.36. The lowest BCUT2D eigenvalue weighted by molar-refractivity contribution is -0.138. The molecular formula is C18H20N4O5S. The van der Waals surface area contributed by atoms with Gasteiger partial charge in [-0.05, 0) is 38.1 Å². The monoisotopic (exact) mass is 404 g/mol. The fourth-order valence-corrected chi connectivity index (χ4v) is 3.38. The molecule has 1 aromatic carbocycles. The Labute approximate surface area is 165 Å². The molecule has 2 heterocycles. The largest absolute Gasteiger partial charge is 0.497 e. The number of aromatic nitrogens is 2. The predicted molar refractivity (Wildman–Crippen MR) is 102 cm³/mol. The Hall–Kier alpha value is -3.01. The van der Waals surface area contributed by atoms with Crippen LogP contribution < -0.4 is 15.4 Å². The number of carbonyl (C=O) groups excluding carboxylic acids is 2. The molecule has 1 aliphatic heterocycles. The highest BCUT2D eigenvalue weighted by molar-refractivity contribution is 7.99. The van der Waals surface area contributed by atoms with E-state index in [9.17, 15) is 9.59 Å². The minimum absolute atomic E-state index is 0.248. The summed E-state index contributed by atoms with van der Waals surface area (Å²) in [5.41, 5.74) is 1.60. The summed E-state index contributed by atoms with van der Waals surface area (Å²) in [7, 11) is 1.59. The van der Waals surface area contributed by atoms with Crippen LogP contribution in [0.2, 0.25) is 0 Å². The van der Waals surface area contributed by atoms with Gasteiger partial charge in [-0.15, -0.1) is 10.2 Å². The van der Waals surface area contributed by atoms with Crippen LogP contribution in [0.15, 0.2) is 45.2 Å². The lowest BCUT2D eigenvalue weighted by Crippen LogP contribution is -2.49. The number of hydrogen-bond donors (Lipinski definition) is 2. The summed E-state index contributed by atoms with van der Waals surface area (Å²) in [6.45, 7) is 3.70. The molecule has 1 aromatic heterocycles. The molecule has 9 nitrogen and oxygen atoms in total. The number of benzene rings is 1. The van der Waals surface area contributed by atoms with E-state index < -0.39 is 12.0 Å². The minimum Gasteiger partial charge on any atom is -0.497 e. The Morgan fingerprint density at radius 3 is 2.71 bits per heavy atom. The maximum atomic E-state index is 12.2. The van der Waals surface area contributed by atoms with Crippen LogP contribution in [-0.2, 0) is 9.53 Å². The molecule has 0 aliphatic carbocycles. The fourth-order valence-electron chi connectivity index (χ4n) is 2.65. The van der Waals surface area contributed by atoms with Gasteiger partial charge < -0.3 is 24.5 Å². The number of thioether (sulfide) groups is 1. The molecule has 148 valence electrons. The highest BCUT2D eigenvalue weighted by Crippen LogP contribution is 2.27. The van der Waals surface area contributed by atoms with Crippen molar-refractivity contribution in [2.75, 3.05) is 19.5 Å². The van der Waals surface area contributed by atoms with Crippen molar-refractivity contribution in [2.45, 2.75) is 25.1 Å². The van der Waals surface area contributed by atoms with Crippen molar-refractivity contribution in [1.29, 1.82) is 0 Å². The molecule has 0 bridgehead atoms. The van der Waals surface area contributed by atoms with Crippen LogP contribution in [0.5, 0.6) is 5.75 Å². The number of methoxy groups -OCH3 is 1. The molecule has 28 heavy (non-hydrogen) atoms.